The Bertz CT molecular complexity index is 1360. The second kappa shape index (κ2) is 9.41. The van der Waals surface area contributed by atoms with Gasteiger partial charge in [0.15, 0.2) is 0 Å². The van der Waals surface area contributed by atoms with Gasteiger partial charge in [0.25, 0.3) is 5.91 Å². The van der Waals surface area contributed by atoms with E-state index < -0.39 is 5.82 Å². The molecule has 1 amide bonds. The van der Waals surface area contributed by atoms with E-state index in [1.807, 2.05) is 24.3 Å². The van der Waals surface area contributed by atoms with E-state index in [-0.39, 0.29) is 16.6 Å². The molecule has 0 aliphatic carbocycles. The van der Waals surface area contributed by atoms with E-state index in [9.17, 15) is 9.18 Å². The largest absolute Gasteiger partial charge is 0.397 e. The Labute approximate surface area is 203 Å². The zero-order valence-corrected chi connectivity index (χ0v) is 19.4. The summed E-state index contributed by atoms with van der Waals surface area (Å²) in [5.74, 6) is -0.460. The molecule has 0 bridgehead atoms. The van der Waals surface area contributed by atoms with Crippen LogP contribution in [0.4, 0.5) is 33.0 Å². The molecule has 5 rings (SSSR count). The summed E-state index contributed by atoms with van der Waals surface area (Å²) in [4.78, 5) is 24.6. The van der Waals surface area contributed by atoms with Crippen LogP contribution in [-0.2, 0) is 4.74 Å². The highest BCUT2D eigenvalue weighted by Gasteiger charge is 2.21. The van der Waals surface area contributed by atoms with Gasteiger partial charge in [-0.2, -0.15) is 0 Å². The van der Waals surface area contributed by atoms with Gasteiger partial charge in [-0.05, 0) is 42.5 Å². The second-order valence-electron chi connectivity index (χ2n) is 7.60. The normalized spacial score (nSPS) is 13.8. The van der Waals surface area contributed by atoms with Crippen LogP contribution in [0.3, 0.4) is 0 Å². The molecule has 1 aliphatic rings. The number of carbonyl (C=O) groups excluding carboxylic acids is 1. The van der Waals surface area contributed by atoms with Crippen LogP contribution in [0, 0.1) is 5.82 Å². The van der Waals surface area contributed by atoms with Gasteiger partial charge in [-0.1, -0.05) is 11.6 Å². The number of nitrogens with one attached hydrogen (secondary N) is 2. The average molecular weight is 499 g/mol. The third-order valence-corrected chi connectivity index (χ3v) is 6.82. The second-order valence-corrected chi connectivity index (χ2v) is 9.01. The third kappa shape index (κ3) is 4.47. The van der Waals surface area contributed by atoms with Crippen molar-refractivity contribution >= 4 is 67.6 Å². The Morgan fingerprint density at radius 1 is 1.12 bits per heavy atom. The average Bonchev–Trinajstić information content (AvgIpc) is 3.20. The molecule has 0 unspecified atom stereocenters. The maximum atomic E-state index is 13.5. The van der Waals surface area contributed by atoms with Crippen molar-refractivity contribution in [1.29, 1.82) is 0 Å². The first kappa shape index (κ1) is 22.3. The van der Waals surface area contributed by atoms with Crippen LogP contribution >= 0.6 is 22.9 Å². The Morgan fingerprint density at radius 2 is 1.85 bits per heavy atom. The number of nitrogen functional groups attached to an aromatic ring is 1. The molecule has 1 aliphatic heterocycles. The maximum absolute atomic E-state index is 13.5. The molecule has 1 saturated heterocycles. The highest BCUT2D eigenvalue weighted by atomic mass is 35.5. The van der Waals surface area contributed by atoms with Crippen molar-refractivity contribution in [2.75, 3.05) is 47.6 Å². The first-order chi connectivity index (χ1) is 16.5. The first-order valence-corrected chi connectivity index (χ1v) is 11.7. The highest BCUT2D eigenvalue weighted by Crippen LogP contribution is 2.37. The molecule has 2 aromatic heterocycles. The summed E-state index contributed by atoms with van der Waals surface area (Å²) in [5.41, 5.74) is 8.88. The van der Waals surface area contributed by atoms with Gasteiger partial charge in [-0.3, -0.25) is 4.79 Å². The van der Waals surface area contributed by atoms with E-state index in [0.717, 1.165) is 18.8 Å². The molecular weight excluding hydrogens is 479 g/mol. The number of ether oxygens (including phenoxy) is 1. The van der Waals surface area contributed by atoms with Crippen molar-refractivity contribution in [1.82, 2.24) is 9.97 Å². The zero-order valence-electron chi connectivity index (χ0n) is 17.8. The fourth-order valence-corrected chi connectivity index (χ4v) is 4.83. The quantitative estimate of drug-likeness (QED) is 0.359. The van der Waals surface area contributed by atoms with E-state index in [1.54, 1.807) is 0 Å². The van der Waals surface area contributed by atoms with Crippen LogP contribution in [-0.4, -0.2) is 42.2 Å². The van der Waals surface area contributed by atoms with Crippen molar-refractivity contribution in [3.63, 3.8) is 0 Å². The number of thiophene rings is 1. The van der Waals surface area contributed by atoms with Crippen molar-refractivity contribution in [2.24, 2.45) is 0 Å². The molecule has 8 nitrogen and oxygen atoms in total. The summed E-state index contributed by atoms with van der Waals surface area (Å²) in [6.45, 7) is 3.09. The molecule has 11 heteroatoms. The minimum Gasteiger partial charge on any atom is -0.397 e. The van der Waals surface area contributed by atoms with E-state index in [2.05, 4.69) is 25.5 Å². The molecule has 0 atom stereocenters. The number of halogens is 2. The number of fused-ring (bicyclic) bond motifs is 1. The number of morpholine rings is 1. The summed E-state index contributed by atoms with van der Waals surface area (Å²) in [6, 6.07) is 11.9. The van der Waals surface area contributed by atoms with Crippen LogP contribution in [0.15, 0.2) is 48.8 Å². The minimum atomic E-state index is -0.521. The summed E-state index contributed by atoms with van der Waals surface area (Å²) in [6.07, 6.45) is 1.37. The Hall–Kier alpha value is -3.47. The monoisotopic (exact) mass is 498 g/mol. The fourth-order valence-electron chi connectivity index (χ4n) is 3.69. The minimum absolute atomic E-state index is 0.0201. The van der Waals surface area contributed by atoms with Crippen molar-refractivity contribution in [3.8, 4) is 0 Å². The van der Waals surface area contributed by atoms with Gasteiger partial charge in [0, 0.05) is 30.2 Å². The van der Waals surface area contributed by atoms with Crippen LogP contribution in [0.5, 0.6) is 0 Å². The predicted molar refractivity (Wildman–Crippen MR) is 134 cm³/mol. The predicted octanol–water partition coefficient (Wildman–Crippen LogP) is 4.90. The highest BCUT2D eigenvalue weighted by molar-refractivity contribution is 7.21. The lowest BCUT2D eigenvalue weighted by molar-refractivity contribution is 0.103. The van der Waals surface area contributed by atoms with Crippen molar-refractivity contribution < 1.29 is 13.9 Å². The number of amides is 1. The number of hydrogen-bond acceptors (Lipinski definition) is 8. The van der Waals surface area contributed by atoms with Crippen LogP contribution in [0.2, 0.25) is 5.02 Å². The van der Waals surface area contributed by atoms with Crippen LogP contribution in [0.25, 0.3) is 10.2 Å². The number of rotatable bonds is 5. The van der Waals surface area contributed by atoms with Gasteiger partial charge in [-0.15, -0.1) is 11.3 Å². The SMILES string of the molecule is Nc1c(C(=O)Nc2ccc(N3CCOCC3)cc2)sc2ncnc(Nc3ccc(F)c(Cl)c3)c12. The van der Waals surface area contributed by atoms with Crippen molar-refractivity contribution in [2.45, 2.75) is 0 Å². The van der Waals surface area contributed by atoms with Gasteiger partial charge in [0.05, 0.1) is 29.3 Å². The molecule has 4 N–H and O–H groups in total. The summed E-state index contributed by atoms with van der Waals surface area (Å²) in [7, 11) is 0. The summed E-state index contributed by atoms with van der Waals surface area (Å²) >= 11 is 7.05. The van der Waals surface area contributed by atoms with Gasteiger partial charge in [0.2, 0.25) is 0 Å². The fraction of sp³-hybridized carbons (Fsp3) is 0.174. The number of aromatic nitrogens is 2. The molecule has 34 heavy (non-hydrogen) atoms. The molecule has 0 spiro atoms. The van der Waals surface area contributed by atoms with Gasteiger partial charge in [-0.25, -0.2) is 14.4 Å². The molecule has 4 aromatic rings. The molecule has 1 fully saturated rings. The molecule has 3 heterocycles. The summed E-state index contributed by atoms with van der Waals surface area (Å²) in [5, 5.41) is 6.46. The number of carbonyl (C=O) groups is 1. The number of nitrogens with two attached hydrogens (primary N) is 1. The Morgan fingerprint density at radius 3 is 2.59 bits per heavy atom. The van der Waals surface area contributed by atoms with E-state index >= 15 is 0 Å². The number of anilines is 5. The standard InChI is InChI=1S/C23H20ClFN6O2S/c24-16-11-14(3-6-17(16)25)29-21-18-19(26)20(34-23(18)28-12-27-21)22(32)30-13-1-4-15(5-2-13)31-7-9-33-10-8-31/h1-6,11-12H,7-10,26H2,(H,30,32)(H,27,28,29). The number of hydrogen-bond donors (Lipinski definition) is 3. The Kier molecular flexibility index (Phi) is 6.18. The lowest BCUT2D eigenvalue weighted by Gasteiger charge is -2.28. The third-order valence-electron chi connectivity index (χ3n) is 5.42. The lowest BCUT2D eigenvalue weighted by atomic mass is 10.2. The number of benzene rings is 2. The van der Waals surface area contributed by atoms with E-state index in [0.29, 0.717) is 45.5 Å². The van der Waals surface area contributed by atoms with Gasteiger partial charge >= 0.3 is 0 Å². The van der Waals surface area contributed by atoms with E-state index in [1.165, 1.54) is 35.9 Å². The smallest absolute Gasteiger partial charge is 0.267 e. The molecule has 2 aromatic carbocycles. The number of nitrogens with zero attached hydrogens (tertiary/aromatic N) is 3. The molecule has 174 valence electrons. The maximum Gasteiger partial charge on any atom is 0.267 e. The molecular formula is C23H20ClFN6O2S. The zero-order chi connectivity index (χ0) is 23.7. The van der Waals surface area contributed by atoms with E-state index in [4.69, 9.17) is 22.1 Å². The van der Waals surface area contributed by atoms with Crippen LogP contribution < -0.4 is 21.3 Å². The molecule has 0 saturated carbocycles. The van der Waals surface area contributed by atoms with Gasteiger partial charge < -0.3 is 26.0 Å². The summed E-state index contributed by atoms with van der Waals surface area (Å²) < 4.78 is 18.9. The Balaban J connectivity index is 1.37. The van der Waals surface area contributed by atoms with Crippen LogP contribution in [0.1, 0.15) is 9.67 Å². The van der Waals surface area contributed by atoms with Crippen molar-refractivity contribution in [3.05, 3.63) is 64.5 Å². The topological polar surface area (TPSA) is 105 Å². The lowest BCUT2D eigenvalue weighted by Crippen LogP contribution is -2.36. The molecule has 0 radical (unpaired) electrons. The first-order valence-electron chi connectivity index (χ1n) is 10.5. The van der Waals surface area contributed by atoms with Gasteiger partial charge in [0.1, 0.15) is 27.7 Å².